The normalized spacial score (nSPS) is 11.9. The molecule has 0 unspecified atom stereocenters. The van der Waals surface area contributed by atoms with Gasteiger partial charge in [-0.2, -0.15) is 10.5 Å². The molecule has 0 spiro atoms. The van der Waals surface area contributed by atoms with Gasteiger partial charge in [-0.1, -0.05) is 19.1 Å². The van der Waals surface area contributed by atoms with Crippen LogP contribution in [0.3, 0.4) is 0 Å². The first-order valence-corrected chi connectivity index (χ1v) is 9.61. The van der Waals surface area contributed by atoms with Crippen molar-refractivity contribution in [3.8, 4) is 12.1 Å². The number of nitriles is 2. The monoisotopic (exact) mass is 404 g/mol. The van der Waals surface area contributed by atoms with Crippen LogP contribution in [0.1, 0.15) is 42.8 Å². The van der Waals surface area contributed by atoms with Crippen molar-refractivity contribution in [2.24, 2.45) is 0 Å². The summed E-state index contributed by atoms with van der Waals surface area (Å²) in [6, 6.07) is 12.2. The van der Waals surface area contributed by atoms with Gasteiger partial charge in [0.2, 0.25) is 0 Å². The van der Waals surface area contributed by atoms with Gasteiger partial charge >= 0.3 is 5.97 Å². The number of esters is 1. The zero-order chi connectivity index (χ0) is 22.3. The Bertz CT molecular complexity index is 1070. The molecule has 0 saturated heterocycles. The largest absolute Gasteiger partial charge is 0.448 e. The number of carbonyl (C=O) groups excluding carboxylic acids is 2. The Morgan fingerprint density at radius 3 is 2.60 bits per heavy atom. The molecule has 2 aromatic rings. The Morgan fingerprint density at radius 1 is 1.27 bits per heavy atom. The van der Waals surface area contributed by atoms with Crippen LogP contribution in [0.4, 0.5) is 5.69 Å². The van der Waals surface area contributed by atoms with E-state index in [0.717, 1.165) is 29.9 Å². The molecule has 0 aliphatic rings. The first-order valence-electron chi connectivity index (χ1n) is 9.61. The number of ether oxygens (including phenoxy) is 1. The highest BCUT2D eigenvalue weighted by atomic mass is 16.5. The lowest BCUT2D eigenvalue weighted by atomic mass is 10.1. The Balaban J connectivity index is 2.14. The van der Waals surface area contributed by atoms with Gasteiger partial charge < -0.3 is 14.6 Å². The number of aryl methyl sites for hydroxylation is 1. The molecule has 2 rings (SSSR count). The molecule has 1 heterocycles. The molecule has 0 aliphatic carbocycles. The number of hydrogen-bond acceptors (Lipinski definition) is 5. The van der Waals surface area contributed by atoms with Crippen molar-refractivity contribution in [2.45, 2.75) is 46.8 Å². The maximum atomic E-state index is 12.4. The van der Waals surface area contributed by atoms with Gasteiger partial charge in [-0.15, -0.1) is 0 Å². The van der Waals surface area contributed by atoms with Gasteiger partial charge in [0.1, 0.15) is 17.7 Å². The minimum absolute atomic E-state index is 0.191. The second-order valence-electron chi connectivity index (χ2n) is 6.84. The average molecular weight is 404 g/mol. The van der Waals surface area contributed by atoms with E-state index in [1.54, 1.807) is 24.3 Å². The minimum Gasteiger partial charge on any atom is -0.448 e. The molecule has 0 aliphatic heterocycles. The first-order chi connectivity index (χ1) is 14.3. The number of benzene rings is 1. The zero-order valence-corrected chi connectivity index (χ0v) is 17.5. The summed E-state index contributed by atoms with van der Waals surface area (Å²) in [5, 5.41) is 21.1. The first kappa shape index (κ1) is 22.4. The molecule has 7 heteroatoms. The fourth-order valence-electron chi connectivity index (χ4n) is 3.04. The van der Waals surface area contributed by atoms with Crippen LogP contribution in [0.25, 0.3) is 6.08 Å². The van der Waals surface area contributed by atoms with Crippen LogP contribution in [0, 0.1) is 36.5 Å². The number of anilines is 1. The van der Waals surface area contributed by atoms with Crippen LogP contribution in [0.2, 0.25) is 0 Å². The van der Waals surface area contributed by atoms with E-state index in [0.29, 0.717) is 11.3 Å². The van der Waals surface area contributed by atoms with E-state index >= 15 is 0 Å². The topological polar surface area (TPSA) is 108 Å². The third kappa shape index (κ3) is 5.15. The molecular formula is C23H24N4O3. The second-order valence-corrected chi connectivity index (χ2v) is 6.84. The molecule has 1 aromatic heterocycles. The fraction of sp³-hybridized carbons (Fsp3) is 0.304. The maximum absolute atomic E-state index is 12.4. The minimum atomic E-state index is -1.14. The number of nitrogens with one attached hydrogen (secondary N) is 1. The van der Waals surface area contributed by atoms with Crippen LogP contribution in [0.15, 0.2) is 35.9 Å². The molecule has 30 heavy (non-hydrogen) atoms. The summed E-state index contributed by atoms with van der Waals surface area (Å²) in [4.78, 5) is 24.8. The number of carbonyl (C=O) groups is 2. The van der Waals surface area contributed by atoms with Crippen LogP contribution in [-0.4, -0.2) is 22.5 Å². The highest BCUT2D eigenvalue weighted by Gasteiger charge is 2.22. The molecule has 154 valence electrons. The summed E-state index contributed by atoms with van der Waals surface area (Å²) >= 11 is 0. The van der Waals surface area contributed by atoms with Crippen molar-refractivity contribution in [1.29, 1.82) is 10.5 Å². The molecule has 1 amide bonds. The molecule has 0 radical (unpaired) electrons. The summed E-state index contributed by atoms with van der Waals surface area (Å²) in [5.41, 5.74) is 3.18. The van der Waals surface area contributed by atoms with E-state index in [4.69, 9.17) is 10.00 Å². The average Bonchev–Trinajstić information content (AvgIpc) is 2.99. The second kappa shape index (κ2) is 10.1. The number of para-hydroxylation sites is 1. The molecule has 1 atom stereocenters. The SMILES string of the molecule is CCCn1c(C)cc(/C=C(\C#N)C(=O)O[C@@H](C)C(=O)Nc2ccccc2C#N)c1C. The van der Waals surface area contributed by atoms with E-state index in [1.165, 1.54) is 13.0 Å². The Hall–Kier alpha value is -3.84. The third-order valence-electron chi connectivity index (χ3n) is 4.66. The number of hydrogen-bond donors (Lipinski definition) is 1. The van der Waals surface area contributed by atoms with Crippen molar-refractivity contribution < 1.29 is 14.3 Å². The van der Waals surface area contributed by atoms with Crippen LogP contribution < -0.4 is 5.32 Å². The van der Waals surface area contributed by atoms with Gasteiger partial charge in [-0.05, 0) is 57.0 Å². The third-order valence-corrected chi connectivity index (χ3v) is 4.66. The van der Waals surface area contributed by atoms with Crippen LogP contribution >= 0.6 is 0 Å². The fourth-order valence-corrected chi connectivity index (χ4v) is 3.04. The standard InChI is InChI=1S/C23H24N4O3/c1-5-10-27-15(2)11-19(16(27)3)12-20(14-25)23(29)30-17(4)22(28)26-21-9-7-6-8-18(21)13-24/h6-9,11-12,17H,5,10H2,1-4H3,(H,26,28)/b20-12+/t17-/m0/s1. The van der Waals surface area contributed by atoms with Crippen LogP contribution in [0.5, 0.6) is 0 Å². The smallest absolute Gasteiger partial charge is 0.349 e. The lowest BCUT2D eigenvalue weighted by molar-refractivity contribution is -0.148. The predicted octanol–water partition coefficient (Wildman–Crippen LogP) is 3.86. The van der Waals surface area contributed by atoms with Crippen LogP contribution in [-0.2, 0) is 20.9 Å². The van der Waals surface area contributed by atoms with Gasteiger partial charge in [0.25, 0.3) is 5.91 Å². The number of nitrogens with zero attached hydrogens (tertiary/aromatic N) is 3. The number of aromatic nitrogens is 1. The maximum Gasteiger partial charge on any atom is 0.349 e. The van der Waals surface area contributed by atoms with Gasteiger partial charge in [-0.25, -0.2) is 4.79 Å². The molecule has 0 bridgehead atoms. The van der Waals surface area contributed by atoms with Crippen molar-refractivity contribution in [3.63, 3.8) is 0 Å². The molecule has 0 saturated carbocycles. The molecule has 1 aromatic carbocycles. The highest BCUT2D eigenvalue weighted by Crippen LogP contribution is 2.20. The summed E-state index contributed by atoms with van der Waals surface area (Å²) in [5.74, 6) is -1.47. The quantitative estimate of drug-likeness (QED) is 0.428. The zero-order valence-electron chi connectivity index (χ0n) is 17.5. The lowest BCUT2D eigenvalue weighted by Gasteiger charge is -2.14. The molecule has 0 fully saturated rings. The number of amides is 1. The predicted molar refractivity (Wildman–Crippen MR) is 113 cm³/mol. The summed E-state index contributed by atoms with van der Waals surface area (Å²) in [6.45, 7) is 8.23. The molecule has 1 N–H and O–H groups in total. The van der Waals surface area contributed by atoms with Gasteiger partial charge in [0.05, 0.1) is 11.3 Å². The molecule has 7 nitrogen and oxygen atoms in total. The van der Waals surface area contributed by atoms with E-state index in [9.17, 15) is 14.9 Å². The Kier molecular flexibility index (Phi) is 7.55. The van der Waals surface area contributed by atoms with Crippen molar-refractivity contribution >= 4 is 23.6 Å². The van der Waals surface area contributed by atoms with Crippen molar-refractivity contribution in [3.05, 3.63) is 58.4 Å². The van der Waals surface area contributed by atoms with Gasteiger partial charge in [0.15, 0.2) is 6.10 Å². The van der Waals surface area contributed by atoms with Gasteiger partial charge in [-0.3, -0.25) is 4.79 Å². The van der Waals surface area contributed by atoms with Gasteiger partial charge in [0, 0.05) is 17.9 Å². The summed E-state index contributed by atoms with van der Waals surface area (Å²) in [6.07, 6.45) is 1.30. The summed E-state index contributed by atoms with van der Waals surface area (Å²) < 4.78 is 7.30. The summed E-state index contributed by atoms with van der Waals surface area (Å²) in [7, 11) is 0. The van der Waals surface area contributed by atoms with E-state index < -0.39 is 18.0 Å². The van der Waals surface area contributed by atoms with E-state index in [2.05, 4.69) is 16.8 Å². The highest BCUT2D eigenvalue weighted by molar-refractivity contribution is 6.01. The number of rotatable bonds is 7. The lowest BCUT2D eigenvalue weighted by Crippen LogP contribution is -2.30. The molecular weight excluding hydrogens is 380 g/mol. The van der Waals surface area contributed by atoms with E-state index in [1.807, 2.05) is 32.1 Å². The van der Waals surface area contributed by atoms with Crippen molar-refractivity contribution in [1.82, 2.24) is 4.57 Å². The van der Waals surface area contributed by atoms with E-state index in [-0.39, 0.29) is 5.57 Å². The Labute approximate surface area is 176 Å². The Morgan fingerprint density at radius 2 is 1.97 bits per heavy atom. The van der Waals surface area contributed by atoms with Crippen molar-refractivity contribution in [2.75, 3.05) is 5.32 Å².